The first-order valence-electron chi connectivity index (χ1n) is 23.6. The van der Waals surface area contributed by atoms with Gasteiger partial charge in [-0.1, -0.05) is 133 Å². The van der Waals surface area contributed by atoms with Crippen LogP contribution in [0.25, 0.3) is 111 Å². The summed E-state index contributed by atoms with van der Waals surface area (Å²) in [5.74, 6) is 1.29. The van der Waals surface area contributed by atoms with E-state index in [0.717, 1.165) is 73.6 Å². The van der Waals surface area contributed by atoms with Gasteiger partial charge in [-0.25, -0.2) is 18.4 Å². The number of azo groups is 1. The van der Waals surface area contributed by atoms with Gasteiger partial charge < -0.3 is 35.0 Å². The van der Waals surface area contributed by atoms with Crippen LogP contribution in [-0.4, -0.2) is 94.9 Å². The molecule has 5 N–H and O–H groups in total. The summed E-state index contributed by atoms with van der Waals surface area (Å²) >= 11 is 0. The predicted molar refractivity (Wildman–Crippen MR) is 303 cm³/mol. The van der Waals surface area contributed by atoms with E-state index in [2.05, 4.69) is 10.2 Å². The standard InChI is InChI=1S/C32H16N8.C21H17N3O9S3.CH4O3S.Zn/c1-2-10-18-17(9-1)25-33-26(18)38-28-21-13-5-6-14-22(21)30(35-28)40-32-24-16-8-7-15-23(24)31(36-32)39-29-20-12-4-3-11-19(20)27(34-29)37-25;1-34(26,27)24-17-11-14(35(28,29)30)9-13-10-18(36(31,32)33)20(21(25)19(13)17)23-22-16-8-4-6-12-5-2-3-7-15(12)16;1-5(2,3)4;/h1-16H;2-11,24-25H,1H3,(H,28,29,30)(H,31,32,33);1H3,(H,2,3,4);/q-2;;;+2. The molecule has 0 spiro atoms. The minimum absolute atomic E-state index is 0. The Morgan fingerprint density at radius 3 is 1.24 bits per heavy atom. The number of sulfonamides is 1. The van der Waals surface area contributed by atoms with Gasteiger partial charge in [0.2, 0.25) is 10.0 Å². The Morgan fingerprint density at radius 2 is 0.841 bits per heavy atom. The fraction of sp³-hybridized carbons (Fsp3) is 0.0370. The molecule has 2 aliphatic heterocycles. The van der Waals surface area contributed by atoms with E-state index in [1.54, 1.807) is 42.5 Å². The van der Waals surface area contributed by atoms with Crippen molar-refractivity contribution >= 4 is 123 Å². The first kappa shape index (κ1) is 56.4. The molecule has 0 unspecified atom stereocenters. The molecule has 0 amide bonds. The normalized spacial score (nSPS) is 12.3. The second-order valence-corrected chi connectivity index (χ2v) is 24.1. The van der Waals surface area contributed by atoms with Gasteiger partial charge in [0.15, 0.2) is 5.75 Å². The van der Waals surface area contributed by atoms with Gasteiger partial charge in [-0.15, -0.1) is 10.2 Å². The van der Waals surface area contributed by atoms with Crippen LogP contribution in [0.1, 0.15) is 0 Å². The number of aromatic nitrogens is 8. The average Bonchev–Trinajstić information content (AvgIpc) is 2.44. The van der Waals surface area contributed by atoms with E-state index in [-0.39, 0.29) is 30.3 Å². The maximum Gasteiger partial charge on any atom is 2.00 e. The zero-order valence-electron chi connectivity index (χ0n) is 42.4. The first-order valence-corrected chi connectivity index (χ1v) is 30.2. The number of nitrogens with one attached hydrogen (secondary N) is 1. The van der Waals surface area contributed by atoms with Crippen LogP contribution in [0.15, 0.2) is 178 Å². The number of fused-ring (bicyclic) bond motifs is 22. The molecule has 13 rings (SSSR count). The van der Waals surface area contributed by atoms with Crippen molar-refractivity contribution in [1.29, 1.82) is 0 Å². The summed E-state index contributed by atoms with van der Waals surface area (Å²) in [6, 6.07) is 46.3. The maximum absolute atomic E-state index is 12.1. The SMILES string of the molecule is CS(=O)(=O)Nc1cc(S(=O)(=O)O)cc2cc(S(=O)(=O)O)c(N=Nc3cccc4ccccc34)c(O)c12.CS(=O)(=O)O.[Zn+2].c1ccc2c(c1)-c1nc-2nc2[n-]c(nc3nc(nc4[n-]c(n1)c1ccccc41)-c1ccccc1-3)c1ccccc21. The predicted octanol–water partition coefficient (Wildman–Crippen LogP) is 9.61. The van der Waals surface area contributed by atoms with Crippen LogP contribution in [0.4, 0.5) is 17.1 Å². The van der Waals surface area contributed by atoms with E-state index in [1.165, 1.54) is 0 Å². The number of nitrogens with zero attached hydrogens (tertiary/aromatic N) is 10. The molecule has 23 nitrogen and oxygen atoms in total. The molecule has 0 aliphatic carbocycles. The Labute approximate surface area is 478 Å². The van der Waals surface area contributed by atoms with Crippen molar-refractivity contribution in [1.82, 2.24) is 39.9 Å². The zero-order valence-corrected chi connectivity index (χ0v) is 48.6. The minimum Gasteiger partial charge on any atom is -0.505 e. The van der Waals surface area contributed by atoms with Crippen LogP contribution >= 0.6 is 0 Å². The smallest absolute Gasteiger partial charge is 0.505 e. The van der Waals surface area contributed by atoms with Gasteiger partial charge in [0.05, 0.1) is 57.5 Å². The summed E-state index contributed by atoms with van der Waals surface area (Å²) in [6.45, 7) is 0. The number of hydrogen-bond donors (Lipinski definition) is 5. The summed E-state index contributed by atoms with van der Waals surface area (Å²) in [6.07, 6.45) is 1.47. The largest absolute Gasteiger partial charge is 2.00 e. The van der Waals surface area contributed by atoms with E-state index in [4.69, 9.17) is 44.4 Å². The van der Waals surface area contributed by atoms with Gasteiger partial charge in [0.25, 0.3) is 30.4 Å². The Kier molecular flexibility index (Phi) is 14.8. The minimum atomic E-state index is -5.05. The monoisotopic (exact) mass is 1220 g/mol. The van der Waals surface area contributed by atoms with Crippen molar-refractivity contribution in [3.8, 4) is 51.3 Å². The number of phenolic OH excluding ortho intramolecular Hbond substituents is 1. The molecule has 0 saturated carbocycles. The van der Waals surface area contributed by atoms with Crippen LogP contribution in [-0.2, 0) is 59.9 Å². The molecule has 5 heterocycles. The number of hydrogen-bond acceptors (Lipinski definition) is 17. The van der Waals surface area contributed by atoms with E-state index in [1.807, 2.05) is 102 Å². The molecule has 8 bridgehead atoms. The Hall–Kier alpha value is -8.86. The van der Waals surface area contributed by atoms with Crippen molar-refractivity contribution < 1.29 is 71.9 Å². The molecule has 3 aromatic heterocycles. The van der Waals surface area contributed by atoms with Crippen LogP contribution in [0, 0.1) is 0 Å². The molecule has 406 valence electrons. The third-order valence-corrected chi connectivity index (χ3v) is 14.6. The molecule has 2 aliphatic rings. The molecule has 28 heteroatoms. The second kappa shape index (κ2) is 21.6. The first-order chi connectivity index (χ1) is 38.4. The summed E-state index contributed by atoms with van der Waals surface area (Å²) in [5.41, 5.74) is 4.85. The molecule has 82 heavy (non-hydrogen) atoms. The van der Waals surface area contributed by atoms with E-state index in [0.29, 0.717) is 63.2 Å². The topological polar surface area (TPSA) is 360 Å². The maximum atomic E-state index is 12.1. The molecule has 11 aromatic rings. The van der Waals surface area contributed by atoms with E-state index in [9.17, 15) is 47.9 Å². The number of aromatic hydroxyl groups is 1. The fourth-order valence-electron chi connectivity index (χ4n) is 9.04. The number of benzene rings is 8. The molecule has 0 atom stereocenters. The van der Waals surface area contributed by atoms with Crippen molar-refractivity contribution in [2.75, 3.05) is 17.2 Å². The summed E-state index contributed by atoms with van der Waals surface area (Å²) < 4.78 is 119. The third-order valence-electron chi connectivity index (χ3n) is 12.3. The number of rotatable bonds is 6. The zero-order chi connectivity index (χ0) is 57.2. The molecular weight excluding hydrogens is 1190 g/mol. The molecule has 0 radical (unpaired) electrons. The van der Waals surface area contributed by atoms with Crippen LogP contribution in [0.2, 0.25) is 0 Å². The molecule has 0 saturated heterocycles. The Balaban J connectivity index is 0.000000169. The third kappa shape index (κ3) is 11.5. The van der Waals surface area contributed by atoms with Gasteiger partial charge >= 0.3 is 19.5 Å². The van der Waals surface area contributed by atoms with Crippen molar-refractivity contribution in [3.63, 3.8) is 0 Å². The van der Waals surface area contributed by atoms with Gasteiger partial charge in [-0.2, -0.15) is 25.3 Å². The van der Waals surface area contributed by atoms with Gasteiger partial charge in [0, 0.05) is 50.2 Å². The summed E-state index contributed by atoms with van der Waals surface area (Å²) in [4.78, 5) is 37.5. The number of phenols is 1. The van der Waals surface area contributed by atoms with Crippen molar-refractivity contribution in [3.05, 3.63) is 158 Å². The van der Waals surface area contributed by atoms with Crippen molar-refractivity contribution in [2.24, 2.45) is 10.2 Å². The fourth-order valence-corrected chi connectivity index (χ4v) is 10.8. The molecular formula is C54H37N11O12S4Zn. The van der Waals surface area contributed by atoms with Gasteiger partial charge in [0.1, 0.15) is 10.6 Å². The van der Waals surface area contributed by atoms with Crippen LogP contribution in [0.5, 0.6) is 5.75 Å². The second-order valence-electron chi connectivity index (χ2n) is 18.1. The van der Waals surface area contributed by atoms with Gasteiger partial charge in [-0.3, -0.25) is 18.4 Å². The number of anilines is 1. The van der Waals surface area contributed by atoms with Crippen LogP contribution in [0.3, 0.4) is 0 Å². The average molecular weight is 1230 g/mol. The van der Waals surface area contributed by atoms with Crippen molar-refractivity contribution in [2.45, 2.75) is 9.79 Å². The van der Waals surface area contributed by atoms with Gasteiger partial charge in [-0.05, 0) is 56.6 Å². The summed E-state index contributed by atoms with van der Waals surface area (Å²) in [5, 5.41) is 23.2. The molecule has 8 aromatic carbocycles. The Morgan fingerprint density at radius 1 is 0.451 bits per heavy atom. The summed E-state index contributed by atoms with van der Waals surface area (Å²) in [7, 11) is -17.6. The Bertz CT molecular complexity index is 4830. The molecule has 0 fully saturated rings. The quantitative estimate of drug-likeness (QED) is 0.0587. The van der Waals surface area contributed by atoms with Crippen LogP contribution < -0.4 is 14.7 Å². The van der Waals surface area contributed by atoms with E-state index >= 15 is 0 Å². The van der Waals surface area contributed by atoms with E-state index < -0.39 is 67.3 Å².